The van der Waals surface area contributed by atoms with Crippen molar-refractivity contribution in [1.29, 1.82) is 0 Å². The second kappa shape index (κ2) is 7.47. The first kappa shape index (κ1) is 16.5. The van der Waals surface area contributed by atoms with Gasteiger partial charge in [-0.2, -0.15) is 0 Å². The van der Waals surface area contributed by atoms with E-state index in [0.29, 0.717) is 31.8 Å². The van der Waals surface area contributed by atoms with Crippen molar-refractivity contribution in [3.05, 3.63) is 54.1 Å². The van der Waals surface area contributed by atoms with Gasteiger partial charge < -0.3 is 20.1 Å². The van der Waals surface area contributed by atoms with Crippen molar-refractivity contribution in [2.45, 2.75) is 6.10 Å². The molecular weight excluding hydrogens is 304 g/mol. The van der Waals surface area contributed by atoms with Crippen LogP contribution in [0, 0.1) is 0 Å². The maximum Gasteiger partial charge on any atom is 0.254 e. The van der Waals surface area contributed by atoms with Gasteiger partial charge in [-0.25, -0.2) is 0 Å². The van der Waals surface area contributed by atoms with E-state index in [1.54, 1.807) is 7.11 Å². The number of methoxy groups -OCH3 is 1. The monoisotopic (exact) mass is 326 g/mol. The standard InChI is InChI=1S/C19H22N2O3/c1-23-17-4-2-3-16(11-17)14-5-7-15(8-6-14)19(22)21-9-10-24-18(12-20)13-21/h2-8,11,18H,9-10,12-13,20H2,1H3. The average Bonchev–Trinajstić information content (AvgIpc) is 2.67. The third-order valence-corrected chi connectivity index (χ3v) is 4.22. The predicted molar refractivity (Wildman–Crippen MR) is 93.1 cm³/mol. The number of benzene rings is 2. The summed E-state index contributed by atoms with van der Waals surface area (Å²) in [6, 6.07) is 15.5. The van der Waals surface area contributed by atoms with E-state index in [2.05, 4.69) is 0 Å². The molecule has 1 atom stereocenters. The second-order valence-electron chi connectivity index (χ2n) is 5.79. The van der Waals surface area contributed by atoms with Gasteiger partial charge in [0.25, 0.3) is 5.91 Å². The minimum atomic E-state index is -0.0706. The molecule has 2 aromatic rings. The van der Waals surface area contributed by atoms with Crippen LogP contribution in [0.2, 0.25) is 0 Å². The average molecular weight is 326 g/mol. The molecule has 1 aliphatic rings. The fraction of sp³-hybridized carbons (Fsp3) is 0.316. The summed E-state index contributed by atoms with van der Waals surface area (Å²) in [5, 5.41) is 0. The van der Waals surface area contributed by atoms with E-state index in [1.807, 2.05) is 53.4 Å². The fourth-order valence-electron chi connectivity index (χ4n) is 2.84. The molecule has 3 rings (SSSR count). The molecule has 0 radical (unpaired) electrons. The lowest BCUT2D eigenvalue weighted by molar-refractivity contribution is -0.0167. The summed E-state index contributed by atoms with van der Waals surface area (Å²) in [4.78, 5) is 14.4. The van der Waals surface area contributed by atoms with E-state index >= 15 is 0 Å². The van der Waals surface area contributed by atoms with Gasteiger partial charge in [-0.3, -0.25) is 4.79 Å². The maximum atomic E-state index is 12.6. The highest BCUT2D eigenvalue weighted by Crippen LogP contribution is 2.24. The molecule has 0 aliphatic carbocycles. The highest BCUT2D eigenvalue weighted by atomic mass is 16.5. The number of rotatable bonds is 4. The lowest BCUT2D eigenvalue weighted by atomic mass is 10.0. The molecule has 1 fully saturated rings. The Labute approximate surface area is 142 Å². The van der Waals surface area contributed by atoms with Crippen molar-refractivity contribution in [3.8, 4) is 16.9 Å². The number of nitrogens with zero attached hydrogens (tertiary/aromatic N) is 1. The van der Waals surface area contributed by atoms with Crippen LogP contribution >= 0.6 is 0 Å². The molecule has 24 heavy (non-hydrogen) atoms. The van der Waals surface area contributed by atoms with E-state index in [1.165, 1.54) is 0 Å². The first-order valence-electron chi connectivity index (χ1n) is 8.06. The summed E-state index contributed by atoms with van der Waals surface area (Å²) >= 11 is 0. The number of carbonyl (C=O) groups excluding carboxylic acids is 1. The number of hydrogen-bond donors (Lipinski definition) is 1. The molecule has 5 heteroatoms. The molecule has 1 saturated heterocycles. The Balaban J connectivity index is 1.75. The van der Waals surface area contributed by atoms with Crippen LogP contribution in [0.1, 0.15) is 10.4 Å². The lowest BCUT2D eigenvalue weighted by Gasteiger charge is -2.32. The normalized spacial score (nSPS) is 17.6. The van der Waals surface area contributed by atoms with Crippen LogP contribution in [0.5, 0.6) is 5.75 Å². The third-order valence-electron chi connectivity index (χ3n) is 4.22. The van der Waals surface area contributed by atoms with E-state index in [9.17, 15) is 4.79 Å². The zero-order chi connectivity index (χ0) is 16.9. The van der Waals surface area contributed by atoms with E-state index in [-0.39, 0.29) is 12.0 Å². The van der Waals surface area contributed by atoms with Gasteiger partial charge >= 0.3 is 0 Å². The van der Waals surface area contributed by atoms with Crippen LogP contribution in [0.3, 0.4) is 0 Å². The topological polar surface area (TPSA) is 64.8 Å². The van der Waals surface area contributed by atoms with Crippen molar-refractivity contribution < 1.29 is 14.3 Å². The zero-order valence-corrected chi connectivity index (χ0v) is 13.8. The summed E-state index contributed by atoms with van der Waals surface area (Å²) in [6.07, 6.45) is -0.0706. The molecule has 0 bridgehead atoms. The van der Waals surface area contributed by atoms with Crippen molar-refractivity contribution >= 4 is 5.91 Å². The third kappa shape index (κ3) is 3.58. The van der Waals surface area contributed by atoms with Crippen LogP contribution in [-0.2, 0) is 4.74 Å². The Bertz CT molecular complexity index is 700. The van der Waals surface area contributed by atoms with Gasteiger partial charge in [0.05, 0.1) is 19.8 Å². The summed E-state index contributed by atoms with van der Waals surface area (Å²) in [5.41, 5.74) is 8.43. The van der Waals surface area contributed by atoms with Crippen molar-refractivity contribution in [2.24, 2.45) is 5.73 Å². The molecular formula is C19H22N2O3. The molecule has 1 aliphatic heterocycles. The lowest BCUT2D eigenvalue weighted by Crippen LogP contribution is -2.48. The number of carbonyl (C=O) groups is 1. The Kier molecular flexibility index (Phi) is 5.13. The number of hydrogen-bond acceptors (Lipinski definition) is 4. The van der Waals surface area contributed by atoms with Gasteiger partial charge in [-0.05, 0) is 35.4 Å². The molecule has 1 heterocycles. The summed E-state index contributed by atoms with van der Waals surface area (Å²) < 4.78 is 10.8. The van der Waals surface area contributed by atoms with Crippen molar-refractivity contribution in [1.82, 2.24) is 4.90 Å². The second-order valence-corrected chi connectivity index (χ2v) is 5.79. The van der Waals surface area contributed by atoms with Crippen LogP contribution < -0.4 is 10.5 Å². The van der Waals surface area contributed by atoms with E-state index < -0.39 is 0 Å². The number of morpholine rings is 1. The molecule has 1 unspecified atom stereocenters. The van der Waals surface area contributed by atoms with Gasteiger partial charge in [0.1, 0.15) is 5.75 Å². The van der Waals surface area contributed by atoms with Gasteiger partial charge in [0.2, 0.25) is 0 Å². The summed E-state index contributed by atoms with van der Waals surface area (Å²) in [7, 11) is 1.65. The van der Waals surface area contributed by atoms with Gasteiger partial charge in [-0.1, -0.05) is 24.3 Å². The van der Waals surface area contributed by atoms with Gasteiger partial charge in [-0.15, -0.1) is 0 Å². The molecule has 2 N–H and O–H groups in total. The number of nitrogens with two attached hydrogens (primary N) is 1. The molecule has 126 valence electrons. The molecule has 0 saturated carbocycles. The fourth-order valence-corrected chi connectivity index (χ4v) is 2.84. The maximum absolute atomic E-state index is 12.6. The Morgan fingerprint density at radius 2 is 2.04 bits per heavy atom. The summed E-state index contributed by atoms with van der Waals surface area (Å²) in [5.74, 6) is 0.836. The first-order valence-corrected chi connectivity index (χ1v) is 8.06. The predicted octanol–water partition coefficient (Wildman–Crippen LogP) is 2.16. The molecule has 0 aromatic heterocycles. The smallest absolute Gasteiger partial charge is 0.254 e. The zero-order valence-electron chi connectivity index (χ0n) is 13.8. The SMILES string of the molecule is COc1cccc(-c2ccc(C(=O)N3CCOC(CN)C3)cc2)c1. The van der Waals surface area contributed by atoms with Crippen LogP contribution in [0.15, 0.2) is 48.5 Å². The largest absolute Gasteiger partial charge is 0.497 e. The molecule has 5 nitrogen and oxygen atoms in total. The highest BCUT2D eigenvalue weighted by molar-refractivity contribution is 5.94. The Morgan fingerprint density at radius 3 is 2.75 bits per heavy atom. The highest BCUT2D eigenvalue weighted by Gasteiger charge is 2.24. The first-order chi connectivity index (χ1) is 11.7. The quantitative estimate of drug-likeness (QED) is 0.935. The minimum Gasteiger partial charge on any atom is -0.497 e. The van der Waals surface area contributed by atoms with Gasteiger partial charge in [0.15, 0.2) is 0 Å². The van der Waals surface area contributed by atoms with Crippen LogP contribution in [0.4, 0.5) is 0 Å². The molecule has 1 amide bonds. The number of amides is 1. The van der Waals surface area contributed by atoms with Crippen LogP contribution in [-0.4, -0.2) is 50.3 Å². The minimum absolute atomic E-state index is 0.0222. The van der Waals surface area contributed by atoms with E-state index in [0.717, 1.165) is 16.9 Å². The number of ether oxygens (including phenoxy) is 2. The van der Waals surface area contributed by atoms with Gasteiger partial charge in [0, 0.05) is 25.2 Å². The molecule has 0 spiro atoms. The van der Waals surface area contributed by atoms with Crippen molar-refractivity contribution in [2.75, 3.05) is 33.4 Å². The molecule has 2 aromatic carbocycles. The van der Waals surface area contributed by atoms with Crippen molar-refractivity contribution in [3.63, 3.8) is 0 Å². The Morgan fingerprint density at radius 1 is 1.25 bits per heavy atom. The van der Waals surface area contributed by atoms with E-state index in [4.69, 9.17) is 15.2 Å². The summed E-state index contributed by atoms with van der Waals surface area (Å²) in [6.45, 7) is 2.12. The van der Waals surface area contributed by atoms with Crippen LogP contribution in [0.25, 0.3) is 11.1 Å². The Hall–Kier alpha value is -2.37.